The third kappa shape index (κ3) is 3.07. The Morgan fingerprint density at radius 1 is 0.463 bits per heavy atom. The fourth-order valence-corrected chi connectivity index (χ4v) is 6.08. The smallest absolute Gasteiger partial charge is 0.220 e. The van der Waals surface area contributed by atoms with Gasteiger partial charge in [-0.3, -0.25) is 8.97 Å². The average Bonchev–Trinajstić information content (AvgIpc) is 3.78. The van der Waals surface area contributed by atoms with Crippen LogP contribution in [0.2, 0.25) is 0 Å². The number of para-hydroxylation sites is 8. The SMILES string of the molecule is [2H]c1c([2H])c([2H])c2c(nc3n(-c4ccccc4-c4ccccc4-n4c5ccccc5c5ccccc54)c4c([2H])c([2H])c([2H])c([2H])c4n23)c1[2H]. The van der Waals surface area contributed by atoms with Gasteiger partial charge in [0.25, 0.3) is 0 Å². The summed E-state index contributed by atoms with van der Waals surface area (Å²) in [5, 5.41) is 2.22. The van der Waals surface area contributed by atoms with Crippen molar-refractivity contribution in [2.24, 2.45) is 0 Å². The Labute approximate surface area is 247 Å². The van der Waals surface area contributed by atoms with E-state index in [2.05, 4.69) is 34.9 Å². The third-order valence-corrected chi connectivity index (χ3v) is 7.74. The highest BCUT2D eigenvalue weighted by atomic mass is 15.2. The molecule has 4 nitrogen and oxygen atoms in total. The molecule has 0 atom stereocenters. The maximum absolute atomic E-state index is 9.07. The minimum absolute atomic E-state index is 0.00669. The monoisotopic (exact) mass is 532 g/mol. The second-order valence-corrected chi connectivity index (χ2v) is 9.88. The van der Waals surface area contributed by atoms with Gasteiger partial charge in [-0.15, -0.1) is 0 Å². The molecule has 6 aromatic carbocycles. The maximum Gasteiger partial charge on any atom is 0.220 e. The summed E-state index contributed by atoms with van der Waals surface area (Å²) in [5.41, 5.74) is 5.37. The molecule has 0 aliphatic heterocycles. The predicted molar refractivity (Wildman–Crippen MR) is 169 cm³/mol. The standard InChI is InChI=1S/C37H24N4/c1-6-18-30-25(13-1)26-14-2-7-19-31(26)39(30)32-20-8-3-15-27(32)28-16-4-9-21-33(28)40-35-23-11-12-24-36(35)41-34-22-10-5-17-29(34)38-37(40)41/h1-24H/i5D,10D,11D,12D,17D,22D,23D,24D. The zero-order valence-electron chi connectivity index (χ0n) is 29.5. The second kappa shape index (κ2) is 8.44. The lowest BCUT2D eigenvalue weighted by Gasteiger charge is -2.17. The van der Waals surface area contributed by atoms with Crippen molar-refractivity contribution in [1.82, 2.24) is 18.5 Å². The van der Waals surface area contributed by atoms with Gasteiger partial charge in [0.15, 0.2) is 0 Å². The fraction of sp³-hybridized carbons (Fsp3) is 0. The van der Waals surface area contributed by atoms with Gasteiger partial charge in [0, 0.05) is 21.9 Å². The first-order valence-electron chi connectivity index (χ1n) is 17.3. The Hall–Kier alpha value is -5.61. The zero-order valence-corrected chi connectivity index (χ0v) is 21.5. The van der Waals surface area contributed by atoms with Crippen LogP contribution in [0.4, 0.5) is 0 Å². The van der Waals surface area contributed by atoms with Crippen LogP contribution in [0.5, 0.6) is 0 Å². The largest absolute Gasteiger partial charge is 0.309 e. The van der Waals surface area contributed by atoms with Crippen LogP contribution in [0.3, 0.4) is 0 Å². The molecular formula is C37H24N4. The van der Waals surface area contributed by atoms with Crippen molar-refractivity contribution in [2.45, 2.75) is 0 Å². The summed E-state index contributed by atoms with van der Waals surface area (Å²) < 4.78 is 74.6. The zero-order chi connectivity index (χ0) is 33.9. The maximum atomic E-state index is 9.07. The first kappa shape index (κ1) is 15.8. The lowest BCUT2D eigenvalue weighted by atomic mass is 10.0. The molecule has 192 valence electrons. The Kier molecular flexibility index (Phi) is 3.26. The lowest BCUT2D eigenvalue weighted by Crippen LogP contribution is -2.01. The van der Waals surface area contributed by atoms with Crippen molar-refractivity contribution in [2.75, 3.05) is 0 Å². The quantitative estimate of drug-likeness (QED) is 0.223. The van der Waals surface area contributed by atoms with Crippen LogP contribution >= 0.6 is 0 Å². The van der Waals surface area contributed by atoms with E-state index < -0.39 is 24.2 Å². The molecule has 0 N–H and O–H groups in total. The Bertz CT molecular complexity index is 2830. The van der Waals surface area contributed by atoms with Gasteiger partial charge in [0.05, 0.1) is 55.4 Å². The minimum Gasteiger partial charge on any atom is -0.309 e. The van der Waals surface area contributed by atoms with Crippen molar-refractivity contribution in [3.63, 3.8) is 0 Å². The van der Waals surface area contributed by atoms with E-state index in [0.717, 1.165) is 38.6 Å². The van der Waals surface area contributed by atoms with E-state index in [4.69, 9.17) is 16.0 Å². The Morgan fingerprint density at radius 2 is 0.976 bits per heavy atom. The summed E-state index contributed by atoms with van der Waals surface area (Å²) in [6.07, 6.45) is 0. The summed E-state index contributed by atoms with van der Waals surface area (Å²) in [6, 6.07) is 28.9. The van der Waals surface area contributed by atoms with Crippen LogP contribution in [0, 0.1) is 0 Å². The Morgan fingerprint density at radius 3 is 1.66 bits per heavy atom. The van der Waals surface area contributed by atoms with Crippen molar-refractivity contribution in [3.05, 3.63) is 145 Å². The van der Waals surface area contributed by atoms with Crippen LogP contribution < -0.4 is 0 Å². The molecule has 3 heterocycles. The molecule has 0 unspecified atom stereocenters. The van der Waals surface area contributed by atoms with Gasteiger partial charge in [0.1, 0.15) is 0 Å². The topological polar surface area (TPSA) is 27.2 Å². The molecule has 0 amide bonds. The van der Waals surface area contributed by atoms with Crippen LogP contribution in [-0.4, -0.2) is 18.5 Å². The molecule has 0 fully saturated rings. The van der Waals surface area contributed by atoms with E-state index in [1.165, 1.54) is 4.40 Å². The van der Waals surface area contributed by atoms with Gasteiger partial charge in [0.2, 0.25) is 5.78 Å². The molecule has 0 aliphatic rings. The number of hydrogen-bond acceptors (Lipinski definition) is 1. The van der Waals surface area contributed by atoms with E-state index in [1.807, 2.05) is 66.7 Å². The lowest BCUT2D eigenvalue weighted by molar-refractivity contribution is 1.11. The molecule has 9 rings (SSSR count). The van der Waals surface area contributed by atoms with Gasteiger partial charge >= 0.3 is 0 Å². The van der Waals surface area contributed by atoms with Gasteiger partial charge in [-0.2, -0.15) is 0 Å². The summed E-state index contributed by atoms with van der Waals surface area (Å²) in [7, 11) is 0. The van der Waals surface area contributed by atoms with E-state index >= 15 is 0 Å². The van der Waals surface area contributed by atoms with Crippen molar-refractivity contribution in [1.29, 1.82) is 0 Å². The molecule has 4 heteroatoms. The molecule has 0 saturated carbocycles. The molecule has 0 radical (unpaired) electrons. The first-order valence-corrected chi connectivity index (χ1v) is 13.3. The molecule has 0 saturated heterocycles. The predicted octanol–water partition coefficient (Wildman–Crippen LogP) is 9.20. The van der Waals surface area contributed by atoms with Gasteiger partial charge in [-0.1, -0.05) is 97.0 Å². The number of benzene rings is 6. The minimum atomic E-state index is -0.457. The number of rotatable bonds is 3. The van der Waals surface area contributed by atoms with Crippen LogP contribution in [0.25, 0.3) is 72.2 Å². The number of aromatic nitrogens is 4. The van der Waals surface area contributed by atoms with E-state index in [1.54, 1.807) is 4.57 Å². The molecule has 0 aliphatic carbocycles. The highest BCUT2D eigenvalue weighted by Gasteiger charge is 2.21. The van der Waals surface area contributed by atoms with E-state index in [-0.39, 0.29) is 52.0 Å². The summed E-state index contributed by atoms with van der Waals surface area (Å²) in [4.78, 5) is 4.74. The third-order valence-electron chi connectivity index (χ3n) is 7.74. The molecular weight excluding hydrogens is 500 g/mol. The average molecular weight is 533 g/mol. The summed E-state index contributed by atoms with van der Waals surface area (Å²) in [5.74, 6) is 0.144. The van der Waals surface area contributed by atoms with Crippen LogP contribution in [0.15, 0.2) is 145 Å². The fourth-order valence-electron chi connectivity index (χ4n) is 6.08. The van der Waals surface area contributed by atoms with Gasteiger partial charge in [-0.05, 0) is 48.4 Å². The second-order valence-electron chi connectivity index (χ2n) is 9.88. The molecule has 3 aromatic heterocycles. The highest BCUT2D eigenvalue weighted by molar-refractivity contribution is 6.10. The first-order chi connectivity index (χ1) is 23.7. The van der Waals surface area contributed by atoms with Crippen molar-refractivity contribution >= 4 is 49.7 Å². The van der Waals surface area contributed by atoms with Crippen LogP contribution in [0.1, 0.15) is 11.0 Å². The molecule has 0 bridgehead atoms. The number of imidazole rings is 2. The molecule has 9 aromatic rings. The van der Waals surface area contributed by atoms with Crippen molar-refractivity contribution < 1.29 is 11.0 Å². The number of hydrogen-bond donors (Lipinski definition) is 0. The number of nitrogens with zero attached hydrogens (tertiary/aromatic N) is 4. The van der Waals surface area contributed by atoms with Gasteiger partial charge in [-0.25, -0.2) is 4.98 Å². The van der Waals surface area contributed by atoms with E-state index in [0.29, 0.717) is 5.69 Å². The summed E-state index contributed by atoms with van der Waals surface area (Å²) >= 11 is 0. The number of fused-ring (bicyclic) bond motifs is 8. The van der Waals surface area contributed by atoms with Crippen molar-refractivity contribution in [3.8, 4) is 22.5 Å². The Balaban J connectivity index is 1.45. The highest BCUT2D eigenvalue weighted by Crippen LogP contribution is 2.39. The van der Waals surface area contributed by atoms with E-state index in [9.17, 15) is 0 Å². The molecule has 41 heavy (non-hydrogen) atoms. The normalized spacial score (nSPS) is 14.6. The summed E-state index contributed by atoms with van der Waals surface area (Å²) in [6.45, 7) is 0. The molecule has 0 spiro atoms. The van der Waals surface area contributed by atoms with Gasteiger partial charge < -0.3 is 4.57 Å². The van der Waals surface area contributed by atoms with Crippen LogP contribution in [-0.2, 0) is 0 Å².